The number of carbonyl (C=O) groups is 1. The third-order valence-electron chi connectivity index (χ3n) is 2.91. The van der Waals surface area contributed by atoms with Crippen molar-refractivity contribution in [3.63, 3.8) is 0 Å². The zero-order valence-corrected chi connectivity index (χ0v) is 7.55. The molecule has 0 aromatic heterocycles. The molecule has 1 N–H and O–H groups in total. The van der Waals surface area contributed by atoms with Crippen molar-refractivity contribution >= 4 is 16.8 Å². The summed E-state index contributed by atoms with van der Waals surface area (Å²) >= 11 is 0. The quantitative estimate of drug-likeness (QED) is 0.661. The van der Waals surface area contributed by atoms with Crippen molar-refractivity contribution in [1.29, 1.82) is 0 Å². The number of hydrogen-bond acceptors (Lipinski definition) is 2. The Kier molecular flexibility index (Phi) is 1.94. The highest BCUT2D eigenvalue weighted by Gasteiger charge is 2.42. The summed E-state index contributed by atoms with van der Waals surface area (Å²) in [5.41, 5.74) is 0. The molecule has 2 aliphatic rings. The first kappa shape index (κ1) is 8.23. The van der Waals surface area contributed by atoms with Gasteiger partial charge in [-0.05, 0) is 25.7 Å². The van der Waals surface area contributed by atoms with Gasteiger partial charge in [-0.2, -0.15) is 0 Å². The predicted octanol–water partition coefficient (Wildman–Crippen LogP) is 0.761. The minimum atomic E-state index is -0.719. The van der Waals surface area contributed by atoms with Crippen molar-refractivity contribution < 1.29 is 14.1 Å². The number of carboxylic acid groups (broad SMARTS) is 1. The summed E-state index contributed by atoms with van der Waals surface area (Å²) in [6.45, 7) is 0. The molecule has 4 heteroatoms. The summed E-state index contributed by atoms with van der Waals surface area (Å²) < 4.78 is 11.5. The van der Waals surface area contributed by atoms with Crippen LogP contribution in [0.5, 0.6) is 0 Å². The van der Waals surface area contributed by atoms with Crippen LogP contribution in [0.15, 0.2) is 0 Å². The van der Waals surface area contributed by atoms with Gasteiger partial charge in [0.25, 0.3) is 0 Å². The average molecular weight is 188 g/mol. The van der Waals surface area contributed by atoms with Crippen molar-refractivity contribution in [3.8, 4) is 0 Å². The maximum atomic E-state index is 11.5. The van der Waals surface area contributed by atoms with Crippen LogP contribution in [0.3, 0.4) is 0 Å². The molecule has 2 unspecified atom stereocenters. The summed E-state index contributed by atoms with van der Waals surface area (Å²) in [6.07, 6.45) is 3.22. The van der Waals surface area contributed by atoms with E-state index in [9.17, 15) is 9.00 Å². The summed E-state index contributed by atoms with van der Waals surface area (Å²) in [7, 11) is -0.719. The SMILES string of the molecule is O=C(O)C1CC2CCC(C1)S2=O. The first-order valence-corrected chi connectivity index (χ1v) is 5.58. The van der Waals surface area contributed by atoms with Crippen LogP contribution in [0.25, 0.3) is 0 Å². The van der Waals surface area contributed by atoms with E-state index in [2.05, 4.69) is 0 Å². The lowest BCUT2D eigenvalue weighted by Gasteiger charge is -2.23. The fraction of sp³-hybridized carbons (Fsp3) is 0.875. The average Bonchev–Trinajstić information content (AvgIpc) is 2.30. The number of hydrogen-bond donors (Lipinski definition) is 1. The summed E-state index contributed by atoms with van der Waals surface area (Å²) in [5.74, 6) is -0.927. The fourth-order valence-electron chi connectivity index (χ4n) is 2.23. The Morgan fingerprint density at radius 2 is 1.75 bits per heavy atom. The molecule has 3 nitrogen and oxygen atoms in total. The first-order chi connectivity index (χ1) is 5.68. The second-order valence-corrected chi connectivity index (χ2v) is 5.65. The molecule has 2 aliphatic heterocycles. The zero-order valence-electron chi connectivity index (χ0n) is 6.73. The highest BCUT2D eigenvalue weighted by molar-refractivity contribution is 7.86. The van der Waals surface area contributed by atoms with Crippen LogP contribution in [0, 0.1) is 5.92 Å². The van der Waals surface area contributed by atoms with Gasteiger partial charge in [-0.25, -0.2) is 0 Å². The highest BCUT2D eigenvalue weighted by Crippen LogP contribution is 2.38. The lowest BCUT2D eigenvalue weighted by atomic mass is 10.00. The smallest absolute Gasteiger partial charge is 0.306 e. The Morgan fingerprint density at radius 1 is 1.25 bits per heavy atom. The third kappa shape index (κ3) is 1.18. The number of rotatable bonds is 1. The van der Waals surface area contributed by atoms with Crippen LogP contribution >= 0.6 is 0 Å². The van der Waals surface area contributed by atoms with E-state index in [0.717, 1.165) is 12.8 Å². The second-order valence-electron chi connectivity index (χ2n) is 3.66. The van der Waals surface area contributed by atoms with Crippen LogP contribution in [0.2, 0.25) is 0 Å². The minimum absolute atomic E-state index is 0.185. The van der Waals surface area contributed by atoms with E-state index in [-0.39, 0.29) is 16.4 Å². The van der Waals surface area contributed by atoms with Crippen molar-refractivity contribution in [1.82, 2.24) is 0 Å². The highest BCUT2D eigenvalue weighted by atomic mass is 32.2. The Hall–Kier alpha value is -0.380. The van der Waals surface area contributed by atoms with E-state index in [1.54, 1.807) is 0 Å². The van der Waals surface area contributed by atoms with Gasteiger partial charge in [-0.1, -0.05) is 0 Å². The van der Waals surface area contributed by atoms with Crippen LogP contribution in [0.1, 0.15) is 25.7 Å². The Labute approximate surface area is 73.6 Å². The van der Waals surface area contributed by atoms with Crippen LogP contribution in [-0.4, -0.2) is 25.8 Å². The van der Waals surface area contributed by atoms with Crippen molar-refractivity contribution in [2.75, 3.05) is 0 Å². The van der Waals surface area contributed by atoms with E-state index in [1.165, 1.54) is 0 Å². The van der Waals surface area contributed by atoms with Crippen molar-refractivity contribution in [2.24, 2.45) is 5.92 Å². The predicted molar refractivity (Wildman–Crippen MR) is 45.3 cm³/mol. The Bertz CT molecular complexity index is 222. The molecule has 0 amide bonds. The van der Waals surface area contributed by atoms with E-state index in [0.29, 0.717) is 12.8 Å². The number of fused-ring (bicyclic) bond motifs is 2. The fourth-order valence-corrected chi connectivity index (χ4v) is 4.36. The van der Waals surface area contributed by atoms with E-state index < -0.39 is 16.8 Å². The molecule has 0 radical (unpaired) electrons. The molecule has 2 atom stereocenters. The maximum Gasteiger partial charge on any atom is 0.306 e. The molecule has 0 spiro atoms. The van der Waals surface area contributed by atoms with Gasteiger partial charge in [0.1, 0.15) is 0 Å². The van der Waals surface area contributed by atoms with E-state index in [4.69, 9.17) is 5.11 Å². The van der Waals surface area contributed by atoms with Gasteiger partial charge >= 0.3 is 5.97 Å². The molecule has 0 aliphatic carbocycles. The van der Waals surface area contributed by atoms with Crippen molar-refractivity contribution in [3.05, 3.63) is 0 Å². The van der Waals surface area contributed by atoms with Gasteiger partial charge in [0, 0.05) is 21.3 Å². The molecule has 12 heavy (non-hydrogen) atoms. The summed E-state index contributed by atoms with van der Waals surface area (Å²) in [6, 6.07) is 0. The zero-order chi connectivity index (χ0) is 8.72. The summed E-state index contributed by atoms with van der Waals surface area (Å²) in [5, 5.41) is 9.16. The standard InChI is InChI=1S/C8H12O3S/c9-8(10)5-3-6-1-2-7(4-5)12(6)11/h5-7H,1-4H2,(H,9,10). The monoisotopic (exact) mass is 188 g/mol. The minimum Gasteiger partial charge on any atom is -0.481 e. The molecular formula is C8H12O3S. The largest absolute Gasteiger partial charge is 0.481 e. The van der Waals surface area contributed by atoms with Gasteiger partial charge in [-0.3, -0.25) is 9.00 Å². The van der Waals surface area contributed by atoms with Gasteiger partial charge in [0.05, 0.1) is 5.92 Å². The van der Waals surface area contributed by atoms with Gasteiger partial charge in [-0.15, -0.1) is 0 Å². The van der Waals surface area contributed by atoms with Crippen molar-refractivity contribution in [2.45, 2.75) is 36.2 Å². The number of aliphatic carboxylic acids is 1. The molecule has 68 valence electrons. The molecule has 2 saturated heterocycles. The normalized spacial score (nSPS) is 46.0. The molecule has 2 bridgehead atoms. The first-order valence-electron chi connectivity index (χ1n) is 4.30. The molecule has 2 fully saturated rings. The molecule has 2 rings (SSSR count). The van der Waals surface area contributed by atoms with E-state index >= 15 is 0 Å². The maximum absolute atomic E-state index is 11.5. The Balaban J connectivity index is 2.12. The molecule has 2 heterocycles. The molecule has 0 saturated carbocycles. The van der Waals surface area contributed by atoms with Crippen LogP contribution in [-0.2, 0) is 15.6 Å². The van der Waals surface area contributed by atoms with Gasteiger partial charge in [0.15, 0.2) is 0 Å². The number of carboxylic acids is 1. The van der Waals surface area contributed by atoms with Gasteiger partial charge in [0.2, 0.25) is 0 Å². The van der Waals surface area contributed by atoms with Crippen LogP contribution in [0.4, 0.5) is 0 Å². The van der Waals surface area contributed by atoms with E-state index in [1.807, 2.05) is 0 Å². The lowest BCUT2D eigenvalue weighted by Crippen LogP contribution is -2.31. The van der Waals surface area contributed by atoms with Crippen LogP contribution < -0.4 is 0 Å². The Morgan fingerprint density at radius 3 is 2.17 bits per heavy atom. The second kappa shape index (κ2) is 2.83. The summed E-state index contributed by atoms with van der Waals surface area (Å²) in [4.78, 5) is 10.7. The molecule has 0 aromatic rings. The van der Waals surface area contributed by atoms with Gasteiger partial charge < -0.3 is 5.11 Å². The molecule has 0 aromatic carbocycles. The molecular weight excluding hydrogens is 176 g/mol. The topological polar surface area (TPSA) is 54.4 Å². The third-order valence-corrected chi connectivity index (χ3v) is 5.08. The lowest BCUT2D eigenvalue weighted by molar-refractivity contribution is -0.142.